The average Bonchev–Trinajstić information content (AvgIpc) is 3.43. The van der Waals surface area contributed by atoms with Crippen LogP contribution in [-0.4, -0.2) is 28.6 Å². The van der Waals surface area contributed by atoms with Crippen LogP contribution in [-0.2, 0) is 17.7 Å². The Kier molecular flexibility index (Phi) is 5.15. The van der Waals surface area contributed by atoms with Gasteiger partial charge in [-0.15, -0.1) is 12.3 Å². The number of aromatic nitrogens is 1. The predicted octanol–water partition coefficient (Wildman–Crippen LogP) is 5.54. The summed E-state index contributed by atoms with van der Waals surface area (Å²) < 4.78 is 6.31. The second-order valence-electron chi connectivity index (χ2n) is 8.96. The molecule has 0 bridgehead atoms. The molecule has 1 unspecified atom stereocenters. The molecule has 0 aliphatic carbocycles. The van der Waals surface area contributed by atoms with Gasteiger partial charge in [0.15, 0.2) is 0 Å². The van der Waals surface area contributed by atoms with Crippen LogP contribution < -0.4 is 0 Å². The number of piperidine rings is 1. The van der Waals surface area contributed by atoms with E-state index in [4.69, 9.17) is 11.2 Å². The molecule has 2 saturated heterocycles. The monoisotopic (exact) mass is 398 g/mol. The number of ether oxygens (including phenoxy) is 1. The molecule has 3 nitrogen and oxygen atoms in total. The number of benzene rings is 2. The van der Waals surface area contributed by atoms with Crippen LogP contribution in [0.1, 0.15) is 54.0 Å². The van der Waals surface area contributed by atoms with Crippen LogP contribution in [0, 0.1) is 19.3 Å². The van der Waals surface area contributed by atoms with Gasteiger partial charge in [0.2, 0.25) is 0 Å². The molecule has 0 saturated carbocycles. The lowest BCUT2D eigenvalue weighted by Gasteiger charge is -2.45. The van der Waals surface area contributed by atoms with Gasteiger partial charge in [-0.3, -0.25) is 4.90 Å². The standard InChI is InChI=1S/C27H30N2O/c1-3-8-22-17-20(2)26-23(11-14-28-26)24(22)19-29-15-13-27(12-7-16-30-27)18-25(29)21-9-5-4-6-10-21/h1,4-6,9-11,14,17,25,28H,7-8,12-13,15-16,18-19H2,2H3/t25-,27?/m0/s1. The Bertz CT molecular complexity index is 1070. The maximum Gasteiger partial charge on any atom is 0.0713 e. The van der Waals surface area contributed by atoms with E-state index in [0.29, 0.717) is 12.5 Å². The van der Waals surface area contributed by atoms with Gasteiger partial charge in [0.25, 0.3) is 0 Å². The Morgan fingerprint density at radius 1 is 1.23 bits per heavy atom. The average molecular weight is 399 g/mol. The minimum Gasteiger partial charge on any atom is -0.375 e. The summed E-state index contributed by atoms with van der Waals surface area (Å²) in [5.74, 6) is 2.88. The first kappa shape index (κ1) is 19.4. The van der Waals surface area contributed by atoms with Crippen molar-refractivity contribution in [2.45, 2.75) is 57.2 Å². The number of H-pyrrole nitrogens is 1. The number of hydrogen-bond donors (Lipinski definition) is 1. The number of hydrogen-bond acceptors (Lipinski definition) is 2. The fourth-order valence-corrected chi connectivity index (χ4v) is 5.59. The minimum atomic E-state index is 0.0648. The predicted molar refractivity (Wildman–Crippen MR) is 122 cm³/mol. The van der Waals surface area contributed by atoms with E-state index >= 15 is 0 Å². The molecule has 1 spiro atoms. The molecular weight excluding hydrogens is 368 g/mol. The molecule has 1 aromatic heterocycles. The molecule has 0 amide bonds. The maximum atomic E-state index is 6.31. The Morgan fingerprint density at radius 3 is 2.87 bits per heavy atom. The third-order valence-electron chi connectivity index (χ3n) is 7.13. The van der Waals surface area contributed by atoms with Gasteiger partial charge in [0, 0.05) is 49.3 Å². The molecule has 2 aliphatic rings. The van der Waals surface area contributed by atoms with Gasteiger partial charge in [-0.25, -0.2) is 0 Å². The lowest BCUT2D eigenvalue weighted by atomic mass is 9.81. The van der Waals surface area contributed by atoms with Crippen molar-refractivity contribution in [3.8, 4) is 12.3 Å². The van der Waals surface area contributed by atoms with Gasteiger partial charge in [-0.1, -0.05) is 36.4 Å². The van der Waals surface area contributed by atoms with Gasteiger partial charge in [-0.2, -0.15) is 0 Å². The van der Waals surface area contributed by atoms with Gasteiger partial charge >= 0.3 is 0 Å². The smallest absolute Gasteiger partial charge is 0.0713 e. The molecule has 3 aromatic rings. The van der Waals surface area contributed by atoms with Crippen LogP contribution in [0.3, 0.4) is 0 Å². The van der Waals surface area contributed by atoms with Gasteiger partial charge in [0.05, 0.1) is 5.60 Å². The lowest BCUT2D eigenvalue weighted by molar-refractivity contribution is -0.0675. The van der Waals surface area contributed by atoms with E-state index in [9.17, 15) is 0 Å². The van der Waals surface area contributed by atoms with Crippen LogP contribution in [0.5, 0.6) is 0 Å². The number of terminal acetylenes is 1. The first-order valence-corrected chi connectivity index (χ1v) is 11.1. The fraction of sp³-hybridized carbons (Fsp3) is 0.407. The molecule has 2 aromatic carbocycles. The van der Waals surface area contributed by atoms with E-state index in [-0.39, 0.29) is 5.60 Å². The first-order valence-electron chi connectivity index (χ1n) is 11.1. The van der Waals surface area contributed by atoms with E-state index < -0.39 is 0 Å². The van der Waals surface area contributed by atoms with E-state index in [1.165, 1.54) is 46.0 Å². The Balaban J connectivity index is 1.53. The molecule has 30 heavy (non-hydrogen) atoms. The van der Waals surface area contributed by atoms with Crippen molar-refractivity contribution in [2.75, 3.05) is 13.2 Å². The number of likely N-dealkylation sites (tertiary alicyclic amines) is 1. The molecule has 1 N–H and O–H groups in total. The van der Waals surface area contributed by atoms with Gasteiger partial charge < -0.3 is 9.72 Å². The van der Waals surface area contributed by atoms with Crippen LogP contribution >= 0.6 is 0 Å². The zero-order chi connectivity index (χ0) is 20.6. The summed E-state index contributed by atoms with van der Waals surface area (Å²) in [6.07, 6.45) is 13.0. The highest BCUT2D eigenvalue weighted by molar-refractivity contribution is 5.87. The number of fused-ring (bicyclic) bond motifs is 1. The topological polar surface area (TPSA) is 28.3 Å². The van der Waals surface area contributed by atoms with Crippen molar-refractivity contribution in [1.29, 1.82) is 0 Å². The zero-order valence-corrected chi connectivity index (χ0v) is 17.8. The zero-order valence-electron chi connectivity index (χ0n) is 17.8. The van der Waals surface area contributed by atoms with Crippen molar-refractivity contribution < 1.29 is 4.74 Å². The van der Waals surface area contributed by atoms with Crippen LogP contribution in [0.2, 0.25) is 0 Å². The third-order valence-corrected chi connectivity index (χ3v) is 7.13. The van der Waals surface area contributed by atoms with Crippen LogP contribution in [0.25, 0.3) is 10.9 Å². The summed E-state index contributed by atoms with van der Waals surface area (Å²) in [6, 6.07) is 15.8. The highest BCUT2D eigenvalue weighted by Gasteiger charge is 2.43. The van der Waals surface area contributed by atoms with E-state index in [2.05, 4.69) is 65.2 Å². The summed E-state index contributed by atoms with van der Waals surface area (Å²) in [4.78, 5) is 6.08. The van der Waals surface area contributed by atoms with Crippen LogP contribution in [0.15, 0.2) is 48.7 Å². The lowest BCUT2D eigenvalue weighted by Crippen LogP contribution is -2.45. The van der Waals surface area contributed by atoms with Crippen LogP contribution in [0.4, 0.5) is 0 Å². The molecule has 3 heterocycles. The van der Waals surface area contributed by atoms with E-state index in [1.807, 2.05) is 6.20 Å². The highest BCUT2D eigenvalue weighted by Crippen LogP contribution is 2.45. The van der Waals surface area contributed by atoms with Crippen molar-refractivity contribution in [2.24, 2.45) is 0 Å². The third kappa shape index (κ3) is 3.45. The van der Waals surface area contributed by atoms with Gasteiger partial charge in [0.1, 0.15) is 0 Å². The summed E-state index contributed by atoms with van der Waals surface area (Å²) in [7, 11) is 0. The second kappa shape index (κ2) is 7.95. The Labute approximate surface area is 179 Å². The SMILES string of the molecule is C#CCc1cc(C)c2[nH]ccc2c1CN1CCC2(CCCO2)C[C@H]1c1ccccc1. The summed E-state index contributed by atoms with van der Waals surface area (Å²) in [6.45, 7) is 5.05. The molecule has 2 fully saturated rings. The van der Waals surface area contributed by atoms with E-state index in [0.717, 1.165) is 32.5 Å². The fourth-order valence-electron chi connectivity index (χ4n) is 5.59. The molecule has 0 radical (unpaired) electrons. The first-order chi connectivity index (χ1) is 14.7. The summed E-state index contributed by atoms with van der Waals surface area (Å²) >= 11 is 0. The van der Waals surface area contributed by atoms with Gasteiger partial charge in [-0.05, 0) is 60.9 Å². The van der Waals surface area contributed by atoms with Crippen molar-refractivity contribution >= 4 is 10.9 Å². The number of aromatic amines is 1. The molecule has 154 valence electrons. The number of rotatable bonds is 4. The summed E-state index contributed by atoms with van der Waals surface area (Å²) in [5.41, 5.74) is 6.61. The molecule has 5 rings (SSSR count). The quantitative estimate of drug-likeness (QED) is 0.585. The largest absolute Gasteiger partial charge is 0.375 e. The molecule has 3 heteroatoms. The number of nitrogens with one attached hydrogen (secondary N) is 1. The second-order valence-corrected chi connectivity index (χ2v) is 8.96. The van der Waals surface area contributed by atoms with E-state index in [1.54, 1.807) is 0 Å². The van der Waals surface area contributed by atoms with Crippen molar-refractivity contribution in [3.63, 3.8) is 0 Å². The molecule has 2 atom stereocenters. The van der Waals surface area contributed by atoms with Crippen molar-refractivity contribution in [3.05, 3.63) is 70.9 Å². The Morgan fingerprint density at radius 2 is 2.10 bits per heavy atom. The number of nitrogens with zero attached hydrogens (tertiary/aromatic N) is 1. The molecular formula is C27H30N2O. The number of aryl methyl sites for hydroxylation is 1. The molecule has 2 aliphatic heterocycles. The normalized spacial score (nSPS) is 24.5. The summed E-state index contributed by atoms with van der Waals surface area (Å²) in [5, 5.41) is 1.31. The highest BCUT2D eigenvalue weighted by atomic mass is 16.5. The minimum absolute atomic E-state index is 0.0648. The van der Waals surface area contributed by atoms with Crippen molar-refractivity contribution in [1.82, 2.24) is 9.88 Å². The maximum absolute atomic E-state index is 6.31. The Hall–Kier alpha value is -2.54.